The predicted molar refractivity (Wildman–Crippen MR) is 113 cm³/mol. The van der Waals surface area contributed by atoms with Gasteiger partial charge in [-0.2, -0.15) is 0 Å². The number of halogens is 1. The highest BCUT2D eigenvalue weighted by molar-refractivity contribution is 6.20. The number of hydrogen-bond acceptors (Lipinski definition) is 4. The van der Waals surface area contributed by atoms with Crippen LogP contribution >= 0.6 is 11.6 Å². The van der Waals surface area contributed by atoms with Crippen molar-refractivity contribution in [3.8, 4) is 0 Å². The van der Waals surface area contributed by atoms with E-state index < -0.39 is 17.4 Å². The molecule has 29 heavy (non-hydrogen) atoms. The molecule has 7 nitrogen and oxygen atoms in total. The second kappa shape index (κ2) is 8.86. The van der Waals surface area contributed by atoms with Crippen molar-refractivity contribution < 1.29 is 19.1 Å². The smallest absolute Gasteiger partial charge is 0.338 e. The molecule has 2 rings (SSSR count). The van der Waals surface area contributed by atoms with Gasteiger partial charge in [-0.15, -0.1) is 11.6 Å². The Balaban J connectivity index is 2.32. The predicted octanol–water partition coefficient (Wildman–Crippen LogP) is 3.81. The zero-order chi connectivity index (χ0) is 21.9. The average Bonchev–Trinajstić information content (AvgIpc) is 2.65. The van der Waals surface area contributed by atoms with E-state index in [-0.39, 0.29) is 23.9 Å². The summed E-state index contributed by atoms with van der Waals surface area (Å²) in [7, 11) is 1.60. The Hall–Kier alpha value is -2.54. The highest BCUT2D eigenvalue weighted by Crippen LogP contribution is 2.31. The fourth-order valence-corrected chi connectivity index (χ4v) is 2.87. The minimum atomic E-state index is -0.699. The molecule has 1 heterocycles. The van der Waals surface area contributed by atoms with Gasteiger partial charge in [-0.25, -0.2) is 9.59 Å². The standard InChI is InChI=1S/C21H28ClN3O4/c1-12(2)29-18(26)16-13(3)25(6)20(28)24-17(16)14-7-9-15(10-8-14)23-19(27)21(4,5)11-22/h7-10,12,17H,11H2,1-6H3,(H,23,27)(H,24,28). The summed E-state index contributed by atoms with van der Waals surface area (Å²) in [4.78, 5) is 38.7. The molecule has 0 aliphatic carbocycles. The highest BCUT2D eigenvalue weighted by Gasteiger charge is 2.35. The topological polar surface area (TPSA) is 87.7 Å². The number of esters is 1. The molecule has 158 valence electrons. The molecule has 8 heteroatoms. The van der Waals surface area contributed by atoms with Gasteiger partial charge in [0.2, 0.25) is 5.91 Å². The molecular weight excluding hydrogens is 394 g/mol. The molecule has 1 aromatic rings. The second-order valence-electron chi connectivity index (χ2n) is 7.99. The molecule has 3 amide bonds. The number of allylic oxidation sites excluding steroid dienone is 1. The summed E-state index contributed by atoms with van der Waals surface area (Å²) in [5.41, 5.74) is 1.52. The zero-order valence-corrected chi connectivity index (χ0v) is 18.4. The third-order valence-corrected chi connectivity index (χ3v) is 5.44. The van der Waals surface area contributed by atoms with Crippen molar-refractivity contribution in [1.82, 2.24) is 10.2 Å². The maximum atomic E-state index is 12.7. The van der Waals surface area contributed by atoms with Crippen LogP contribution in [0.15, 0.2) is 35.5 Å². The lowest BCUT2D eigenvalue weighted by Gasteiger charge is -2.33. The molecule has 0 aromatic heterocycles. The Morgan fingerprint density at radius 3 is 2.38 bits per heavy atom. The molecule has 1 aliphatic rings. The van der Waals surface area contributed by atoms with E-state index in [1.807, 2.05) is 0 Å². The molecule has 2 N–H and O–H groups in total. The number of nitrogens with one attached hydrogen (secondary N) is 2. The van der Waals surface area contributed by atoms with Crippen LogP contribution in [0.25, 0.3) is 0 Å². The van der Waals surface area contributed by atoms with Crippen molar-refractivity contribution in [2.75, 3.05) is 18.2 Å². The van der Waals surface area contributed by atoms with Gasteiger partial charge in [-0.1, -0.05) is 12.1 Å². The van der Waals surface area contributed by atoms with Gasteiger partial charge in [0.25, 0.3) is 0 Å². The summed E-state index contributed by atoms with van der Waals surface area (Å²) in [6, 6.07) is 6.01. The van der Waals surface area contributed by atoms with Crippen LogP contribution in [0, 0.1) is 5.41 Å². The normalized spacial score (nSPS) is 17.3. The van der Waals surface area contributed by atoms with E-state index in [0.717, 1.165) is 0 Å². The van der Waals surface area contributed by atoms with E-state index in [1.54, 1.807) is 65.9 Å². The van der Waals surface area contributed by atoms with Crippen LogP contribution in [0.2, 0.25) is 0 Å². The second-order valence-corrected chi connectivity index (χ2v) is 8.26. The number of benzene rings is 1. The molecule has 0 bridgehead atoms. The number of amides is 3. The van der Waals surface area contributed by atoms with Crippen molar-refractivity contribution in [1.29, 1.82) is 0 Å². The van der Waals surface area contributed by atoms with Gasteiger partial charge in [0.1, 0.15) is 0 Å². The fourth-order valence-electron chi connectivity index (χ4n) is 2.75. The van der Waals surface area contributed by atoms with Crippen molar-refractivity contribution in [3.63, 3.8) is 0 Å². The van der Waals surface area contributed by atoms with Gasteiger partial charge >= 0.3 is 12.0 Å². The summed E-state index contributed by atoms with van der Waals surface area (Å²) in [6.07, 6.45) is -0.283. The molecule has 0 saturated heterocycles. The van der Waals surface area contributed by atoms with Crippen LogP contribution in [0.1, 0.15) is 46.2 Å². The molecular formula is C21H28ClN3O4. The van der Waals surface area contributed by atoms with Crippen molar-refractivity contribution >= 4 is 35.2 Å². The lowest BCUT2D eigenvalue weighted by atomic mass is 9.94. The summed E-state index contributed by atoms with van der Waals surface area (Å²) in [6.45, 7) is 8.78. The SMILES string of the molecule is CC1=C(C(=O)OC(C)C)C(c2ccc(NC(=O)C(C)(C)CCl)cc2)NC(=O)N1C. The van der Waals surface area contributed by atoms with E-state index in [1.165, 1.54) is 4.90 Å². The summed E-state index contributed by atoms with van der Waals surface area (Å²) in [5.74, 6) is -0.468. The van der Waals surface area contributed by atoms with Crippen LogP contribution < -0.4 is 10.6 Å². The molecule has 1 unspecified atom stereocenters. The maximum Gasteiger partial charge on any atom is 0.338 e. The Labute approximate surface area is 176 Å². The van der Waals surface area contributed by atoms with Crippen molar-refractivity contribution in [2.45, 2.75) is 46.8 Å². The van der Waals surface area contributed by atoms with Gasteiger partial charge in [0, 0.05) is 24.3 Å². The van der Waals surface area contributed by atoms with Gasteiger partial charge in [0.05, 0.1) is 23.1 Å². The Morgan fingerprint density at radius 1 is 1.28 bits per heavy atom. The lowest BCUT2D eigenvalue weighted by Crippen LogP contribution is -2.46. The lowest BCUT2D eigenvalue weighted by molar-refractivity contribution is -0.143. The maximum absolute atomic E-state index is 12.7. The molecule has 0 fully saturated rings. The number of carbonyl (C=O) groups excluding carboxylic acids is 3. The Morgan fingerprint density at radius 2 is 1.86 bits per heavy atom. The minimum absolute atomic E-state index is 0.190. The number of carbonyl (C=O) groups is 3. The Kier molecular flexibility index (Phi) is 6.95. The van der Waals surface area contributed by atoms with Crippen LogP contribution in [0.5, 0.6) is 0 Å². The Bertz CT molecular complexity index is 831. The van der Waals surface area contributed by atoms with Gasteiger partial charge in [-0.3, -0.25) is 4.79 Å². The number of anilines is 1. The third kappa shape index (κ3) is 5.09. The van der Waals surface area contributed by atoms with E-state index in [4.69, 9.17) is 16.3 Å². The summed E-state index contributed by atoms with van der Waals surface area (Å²) < 4.78 is 5.38. The molecule has 0 saturated carbocycles. The van der Waals surface area contributed by atoms with Crippen LogP contribution in [-0.4, -0.2) is 41.8 Å². The first-order valence-electron chi connectivity index (χ1n) is 9.41. The van der Waals surface area contributed by atoms with Gasteiger partial charge < -0.3 is 20.3 Å². The van der Waals surface area contributed by atoms with Crippen LogP contribution in [0.3, 0.4) is 0 Å². The number of urea groups is 1. The number of rotatable bonds is 6. The molecule has 1 aromatic carbocycles. The first-order valence-corrected chi connectivity index (χ1v) is 9.94. The van der Waals surface area contributed by atoms with E-state index >= 15 is 0 Å². The number of alkyl halides is 1. The monoisotopic (exact) mass is 421 g/mol. The van der Waals surface area contributed by atoms with Gasteiger partial charge in [-0.05, 0) is 52.3 Å². The van der Waals surface area contributed by atoms with E-state index in [0.29, 0.717) is 22.5 Å². The van der Waals surface area contributed by atoms with E-state index in [9.17, 15) is 14.4 Å². The molecule has 0 radical (unpaired) electrons. The number of hydrogen-bond donors (Lipinski definition) is 2. The number of nitrogens with zero attached hydrogens (tertiary/aromatic N) is 1. The fraction of sp³-hybridized carbons (Fsp3) is 0.476. The molecule has 1 aliphatic heterocycles. The quantitative estimate of drug-likeness (QED) is 0.540. The largest absolute Gasteiger partial charge is 0.459 e. The molecule has 0 spiro atoms. The number of ether oxygens (including phenoxy) is 1. The van der Waals surface area contributed by atoms with Crippen LogP contribution in [0.4, 0.5) is 10.5 Å². The average molecular weight is 422 g/mol. The van der Waals surface area contributed by atoms with E-state index in [2.05, 4.69) is 10.6 Å². The minimum Gasteiger partial charge on any atom is -0.459 e. The van der Waals surface area contributed by atoms with Crippen molar-refractivity contribution in [3.05, 3.63) is 41.1 Å². The molecule has 1 atom stereocenters. The highest BCUT2D eigenvalue weighted by atomic mass is 35.5. The first-order chi connectivity index (χ1) is 13.5. The zero-order valence-electron chi connectivity index (χ0n) is 17.6. The van der Waals surface area contributed by atoms with Crippen molar-refractivity contribution in [2.24, 2.45) is 5.41 Å². The van der Waals surface area contributed by atoms with Gasteiger partial charge in [0.15, 0.2) is 0 Å². The first kappa shape index (κ1) is 22.7. The summed E-state index contributed by atoms with van der Waals surface area (Å²) in [5, 5.41) is 5.66. The van der Waals surface area contributed by atoms with Crippen LogP contribution in [-0.2, 0) is 14.3 Å². The third-order valence-electron chi connectivity index (χ3n) is 4.77. The summed E-state index contributed by atoms with van der Waals surface area (Å²) >= 11 is 5.85.